The van der Waals surface area contributed by atoms with Crippen molar-refractivity contribution in [2.75, 3.05) is 17.7 Å². The summed E-state index contributed by atoms with van der Waals surface area (Å²) in [5, 5.41) is 11.2. The normalized spacial score (nSPS) is 10.4. The monoisotopic (exact) mass is 351 g/mol. The van der Waals surface area contributed by atoms with E-state index in [9.17, 15) is 10.1 Å². The van der Waals surface area contributed by atoms with Crippen LogP contribution in [0, 0.1) is 17.0 Å². The van der Waals surface area contributed by atoms with Crippen LogP contribution in [0.4, 0.5) is 17.5 Å². The first-order valence-electron chi connectivity index (χ1n) is 6.12. The fourth-order valence-corrected chi connectivity index (χ4v) is 2.48. The maximum Gasteiger partial charge on any atom is 0.332 e. The zero-order valence-electron chi connectivity index (χ0n) is 11.6. The van der Waals surface area contributed by atoms with Crippen LogP contribution in [0.25, 0.3) is 0 Å². The van der Waals surface area contributed by atoms with Gasteiger partial charge in [0, 0.05) is 18.1 Å². The Hall–Kier alpha value is -2.22. The minimum atomic E-state index is -0.485. The van der Waals surface area contributed by atoms with Gasteiger partial charge in [-0.25, -0.2) is 4.98 Å². The van der Waals surface area contributed by atoms with E-state index in [-0.39, 0.29) is 23.1 Å². The highest BCUT2D eigenvalue weighted by Gasteiger charge is 2.24. The van der Waals surface area contributed by atoms with Gasteiger partial charge in [-0.05, 0) is 24.6 Å². The van der Waals surface area contributed by atoms with Crippen LogP contribution in [0.1, 0.15) is 11.3 Å². The number of aromatic nitrogens is 2. The van der Waals surface area contributed by atoms with Crippen LogP contribution in [-0.4, -0.2) is 21.9 Å². The molecule has 0 aliphatic rings. The van der Waals surface area contributed by atoms with Crippen LogP contribution in [0.2, 0.25) is 0 Å². The Bertz CT molecular complexity index is 692. The number of rotatable bonds is 4. The summed E-state index contributed by atoms with van der Waals surface area (Å²) in [5.74, 6) is 0.235. The quantitative estimate of drug-likeness (QED) is 0.671. The number of anilines is 2. The van der Waals surface area contributed by atoms with Crippen molar-refractivity contribution < 1.29 is 4.92 Å². The van der Waals surface area contributed by atoms with Crippen LogP contribution in [0.5, 0.6) is 0 Å². The number of hydrogen-bond donors (Lipinski definition) is 1. The molecule has 1 aromatic heterocycles. The molecule has 0 spiro atoms. The van der Waals surface area contributed by atoms with E-state index < -0.39 is 4.92 Å². The third-order valence-electron chi connectivity index (χ3n) is 2.91. The molecule has 2 N–H and O–H groups in total. The first kappa shape index (κ1) is 15.2. The van der Waals surface area contributed by atoms with E-state index in [1.54, 1.807) is 18.9 Å². The number of hydrogen-bond acceptors (Lipinski definition) is 6. The highest BCUT2D eigenvalue weighted by Crippen LogP contribution is 2.29. The molecule has 0 aliphatic heterocycles. The molecule has 2 rings (SSSR count). The molecule has 0 saturated carbocycles. The standard InChI is InChI=1S/C13H14BrN5O2/c1-8-11(19(20)21)12(17-13(15)16-8)18(2)7-9-4-3-5-10(14)6-9/h3-6H,7H2,1-2H3,(H2,15,16,17). The van der Waals surface area contributed by atoms with Crippen molar-refractivity contribution >= 4 is 33.4 Å². The Kier molecular flexibility index (Phi) is 4.37. The van der Waals surface area contributed by atoms with Crippen LogP contribution in [0.15, 0.2) is 28.7 Å². The van der Waals surface area contributed by atoms with Crippen LogP contribution in [-0.2, 0) is 6.54 Å². The van der Waals surface area contributed by atoms with Gasteiger partial charge < -0.3 is 10.6 Å². The van der Waals surface area contributed by atoms with Gasteiger partial charge in [0.2, 0.25) is 11.8 Å². The van der Waals surface area contributed by atoms with E-state index in [2.05, 4.69) is 25.9 Å². The van der Waals surface area contributed by atoms with Crippen molar-refractivity contribution in [3.63, 3.8) is 0 Å². The molecule has 0 atom stereocenters. The van der Waals surface area contributed by atoms with Crippen molar-refractivity contribution in [2.24, 2.45) is 0 Å². The molecule has 0 bridgehead atoms. The molecule has 110 valence electrons. The van der Waals surface area contributed by atoms with E-state index >= 15 is 0 Å². The molecule has 0 unspecified atom stereocenters. The molecule has 0 fully saturated rings. The first-order chi connectivity index (χ1) is 9.88. The number of nitro groups is 1. The molecular weight excluding hydrogens is 338 g/mol. The number of aryl methyl sites for hydroxylation is 1. The van der Waals surface area contributed by atoms with E-state index in [1.807, 2.05) is 24.3 Å². The number of nitrogens with two attached hydrogens (primary N) is 1. The summed E-state index contributed by atoms with van der Waals surface area (Å²) in [7, 11) is 1.73. The maximum atomic E-state index is 11.2. The second-order valence-electron chi connectivity index (χ2n) is 4.58. The molecule has 1 aromatic carbocycles. The van der Waals surface area contributed by atoms with Crippen molar-refractivity contribution in [2.45, 2.75) is 13.5 Å². The number of nitrogens with zero attached hydrogens (tertiary/aromatic N) is 4. The van der Waals surface area contributed by atoms with Gasteiger partial charge in [0.1, 0.15) is 5.69 Å². The van der Waals surface area contributed by atoms with Gasteiger partial charge in [0.15, 0.2) is 0 Å². The van der Waals surface area contributed by atoms with Crippen molar-refractivity contribution in [1.82, 2.24) is 9.97 Å². The summed E-state index contributed by atoms with van der Waals surface area (Å²) >= 11 is 3.40. The number of nitrogen functional groups attached to an aromatic ring is 1. The van der Waals surface area contributed by atoms with Gasteiger partial charge in [-0.1, -0.05) is 28.1 Å². The molecule has 0 aliphatic carbocycles. The Morgan fingerprint density at radius 1 is 1.43 bits per heavy atom. The Morgan fingerprint density at radius 3 is 2.76 bits per heavy atom. The lowest BCUT2D eigenvalue weighted by atomic mass is 10.2. The summed E-state index contributed by atoms with van der Waals surface area (Å²) in [4.78, 5) is 20.3. The molecule has 7 nitrogen and oxygen atoms in total. The minimum Gasteiger partial charge on any atom is -0.368 e. The first-order valence-corrected chi connectivity index (χ1v) is 6.92. The molecule has 8 heteroatoms. The molecule has 0 radical (unpaired) electrons. The predicted octanol–water partition coefficient (Wildman–Crippen LogP) is 2.67. The fourth-order valence-electron chi connectivity index (χ4n) is 2.04. The number of benzene rings is 1. The zero-order chi connectivity index (χ0) is 15.6. The summed E-state index contributed by atoms with van der Waals surface area (Å²) < 4.78 is 0.946. The average molecular weight is 352 g/mol. The molecule has 0 amide bonds. The van der Waals surface area contributed by atoms with Gasteiger partial charge in [-0.3, -0.25) is 10.1 Å². The van der Waals surface area contributed by atoms with Gasteiger partial charge in [0.05, 0.1) is 4.92 Å². The van der Waals surface area contributed by atoms with E-state index in [4.69, 9.17) is 5.73 Å². The van der Waals surface area contributed by atoms with Gasteiger partial charge in [-0.15, -0.1) is 0 Å². The van der Waals surface area contributed by atoms with Crippen LogP contribution in [0.3, 0.4) is 0 Å². The van der Waals surface area contributed by atoms with Crippen molar-refractivity contribution in [1.29, 1.82) is 0 Å². The molecule has 0 saturated heterocycles. The molecule has 1 heterocycles. The third kappa shape index (κ3) is 3.46. The molecule has 2 aromatic rings. The number of halogens is 1. The summed E-state index contributed by atoms with van der Waals surface area (Å²) in [6.45, 7) is 2.02. The van der Waals surface area contributed by atoms with Crippen molar-refractivity contribution in [3.05, 3.63) is 50.1 Å². The fraction of sp³-hybridized carbons (Fsp3) is 0.231. The average Bonchev–Trinajstić information content (AvgIpc) is 2.37. The second-order valence-corrected chi connectivity index (χ2v) is 5.50. The van der Waals surface area contributed by atoms with E-state index in [0.29, 0.717) is 6.54 Å². The second kappa shape index (κ2) is 6.04. The zero-order valence-corrected chi connectivity index (χ0v) is 13.2. The maximum absolute atomic E-state index is 11.2. The Morgan fingerprint density at radius 2 is 2.14 bits per heavy atom. The smallest absolute Gasteiger partial charge is 0.332 e. The SMILES string of the molecule is Cc1nc(N)nc(N(C)Cc2cccc(Br)c2)c1[N+](=O)[O-]. The third-order valence-corrected chi connectivity index (χ3v) is 3.40. The summed E-state index contributed by atoms with van der Waals surface area (Å²) in [6, 6.07) is 7.70. The van der Waals surface area contributed by atoms with Crippen LogP contribution < -0.4 is 10.6 Å². The largest absolute Gasteiger partial charge is 0.368 e. The molecule has 21 heavy (non-hydrogen) atoms. The van der Waals surface area contributed by atoms with Crippen molar-refractivity contribution in [3.8, 4) is 0 Å². The minimum absolute atomic E-state index is 0.0224. The Balaban J connectivity index is 2.39. The highest BCUT2D eigenvalue weighted by molar-refractivity contribution is 9.10. The summed E-state index contributed by atoms with van der Waals surface area (Å²) in [5.41, 5.74) is 6.73. The Labute approximate surface area is 130 Å². The van der Waals surface area contributed by atoms with E-state index in [0.717, 1.165) is 10.0 Å². The topological polar surface area (TPSA) is 98.2 Å². The lowest BCUT2D eigenvalue weighted by Crippen LogP contribution is -2.20. The van der Waals surface area contributed by atoms with Gasteiger partial charge in [-0.2, -0.15) is 4.98 Å². The summed E-state index contributed by atoms with van der Waals surface area (Å²) in [6.07, 6.45) is 0. The molecular formula is C13H14BrN5O2. The van der Waals surface area contributed by atoms with Gasteiger partial charge >= 0.3 is 5.69 Å². The lowest BCUT2D eigenvalue weighted by Gasteiger charge is -2.19. The van der Waals surface area contributed by atoms with Crippen LogP contribution >= 0.6 is 15.9 Å². The lowest BCUT2D eigenvalue weighted by molar-refractivity contribution is -0.385. The highest BCUT2D eigenvalue weighted by atomic mass is 79.9. The van der Waals surface area contributed by atoms with Gasteiger partial charge in [0.25, 0.3) is 0 Å². The predicted molar refractivity (Wildman–Crippen MR) is 84.1 cm³/mol. The van der Waals surface area contributed by atoms with E-state index in [1.165, 1.54) is 0 Å².